The maximum absolute atomic E-state index is 10.6. The van der Waals surface area contributed by atoms with E-state index in [4.69, 9.17) is 10.5 Å². The molecule has 1 heterocycles. The van der Waals surface area contributed by atoms with E-state index in [1.807, 2.05) is 0 Å². The first-order valence-corrected chi connectivity index (χ1v) is 4.03. The van der Waals surface area contributed by atoms with Crippen LogP contribution in [-0.2, 0) is 4.74 Å². The van der Waals surface area contributed by atoms with Gasteiger partial charge in [-0.1, -0.05) is 0 Å². The molecular formula is C7H15N3O2. The largest absolute Gasteiger partial charge is 0.374 e. The van der Waals surface area contributed by atoms with Gasteiger partial charge < -0.3 is 20.7 Å². The van der Waals surface area contributed by atoms with E-state index >= 15 is 0 Å². The van der Waals surface area contributed by atoms with Crippen LogP contribution in [0, 0.1) is 0 Å². The van der Waals surface area contributed by atoms with E-state index in [9.17, 15) is 4.79 Å². The van der Waals surface area contributed by atoms with E-state index < -0.39 is 6.03 Å². The molecule has 0 spiro atoms. The van der Waals surface area contributed by atoms with Crippen LogP contribution in [0.5, 0.6) is 0 Å². The highest BCUT2D eigenvalue weighted by Gasteiger charge is 2.16. The first kappa shape index (κ1) is 9.28. The van der Waals surface area contributed by atoms with Crippen molar-refractivity contribution in [2.24, 2.45) is 5.73 Å². The van der Waals surface area contributed by atoms with E-state index in [1.54, 1.807) is 7.05 Å². The van der Waals surface area contributed by atoms with Crippen molar-refractivity contribution in [3.63, 3.8) is 0 Å². The van der Waals surface area contributed by atoms with Crippen molar-refractivity contribution in [1.29, 1.82) is 0 Å². The SMILES string of the molecule is CN(CC1CNCCO1)C(N)=O. The van der Waals surface area contributed by atoms with Gasteiger partial charge in [-0.3, -0.25) is 0 Å². The second-order valence-electron chi connectivity index (χ2n) is 2.92. The molecule has 12 heavy (non-hydrogen) atoms. The standard InChI is InChI=1S/C7H15N3O2/c1-10(7(8)11)5-6-4-9-2-3-12-6/h6,9H,2-5H2,1H3,(H2,8,11). The number of likely N-dealkylation sites (N-methyl/N-ethyl adjacent to an activating group) is 1. The third kappa shape index (κ3) is 2.67. The molecule has 0 aliphatic carbocycles. The average Bonchev–Trinajstić information content (AvgIpc) is 2.06. The third-order valence-corrected chi connectivity index (χ3v) is 1.86. The number of morpholine rings is 1. The third-order valence-electron chi connectivity index (χ3n) is 1.86. The Bertz CT molecular complexity index is 157. The number of carbonyl (C=O) groups is 1. The van der Waals surface area contributed by atoms with Crippen LogP contribution in [0.3, 0.4) is 0 Å². The van der Waals surface area contributed by atoms with Crippen molar-refractivity contribution in [1.82, 2.24) is 10.2 Å². The molecule has 1 aliphatic rings. The molecule has 1 atom stereocenters. The number of nitrogens with two attached hydrogens (primary N) is 1. The first-order chi connectivity index (χ1) is 5.70. The number of nitrogens with one attached hydrogen (secondary N) is 1. The van der Waals surface area contributed by atoms with Crippen LogP contribution in [0.4, 0.5) is 4.79 Å². The lowest BCUT2D eigenvalue weighted by Gasteiger charge is -2.27. The normalized spacial score (nSPS) is 23.6. The second-order valence-corrected chi connectivity index (χ2v) is 2.92. The molecular weight excluding hydrogens is 158 g/mol. The second kappa shape index (κ2) is 4.27. The number of ether oxygens (including phenoxy) is 1. The number of carbonyl (C=O) groups excluding carboxylic acids is 1. The Balaban J connectivity index is 2.24. The number of primary amides is 1. The summed E-state index contributed by atoms with van der Waals surface area (Å²) in [6.07, 6.45) is 0.0799. The topological polar surface area (TPSA) is 67.6 Å². The molecule has 70 valence electrons. The lowest BCUT2D eigenvalue weighted by atomic mass is 10.3. The Morgan fingerprint density at radius 2 is 2.58 bits per heavy atom. The Morgan fingerprint density at radius 3 is 3.08 bits per heavy atom. The van der Waals surface area contributed by atoms with Crippen molar-refractivity contribution in [2.45, 2.75) is 6.10 Å². The fourth-order valence-electron chi connectivity index (χ4n) is 1.13. The van der Waals surface area contributed by atoms with E-state index in [2.05, 4.69) is 5.32 Å². The van der Waals surface area contributed by atoms with Gasteiger partial charge in [-0.2, -0.15) is 0 Å². The summed E-state index contributed by atoms with van der Waals surface area (Å²) >= 11 is 0. The number of nitrogens with zero attached hydrogens (tertiary/aromatic N) is 1. The Hall–Kier alpha value is -0.810. The Morgan fingerprint density at radius 1 is 1.83 bits per heavy atom. The fourth-order valence-corrected chi connectivity index (χ4v) is 1.13. The van der Waals surface area contributed by atoms with Gasteiger partial charge in [0.1, 0.15) is 0 Å². The molecule has 1 unspecified atom stereocenters. The number of rotatable bonds is 2. The van der Waals surface area contributed by atoms with Crippen molar-refractivity contribution in [3.05, 3.63) is 0 Å². The summed E-state index contributed by atoms with van der Waals surface area (Å²) in [6.45, 7) is 2.94. The zero-order valence-corrected chi connectivity index (χ0v) is 7.25. The summed E-state index contributed by atoms with van der Waals surface area (Å²) in [5, 5.41) is 3.18. The number of amides is 2. The number of urea groups is 1. The van der Waals surface area contributed by atoms with E-state index in [0.29, 0.717) is 13.2 Å². The predicted molar refractivity (Wildman–Crippen MR) is 44.8 cm³/mol. The Kier molecular flexibility index (Phi) is 3.31. The molecule has 3 N–H and O–H groups in total. The van der Waals surface area contributed by atoms with Crippen molar-refractivity contribution < 1.29 is 9.53 Å². The van der Waals surface area contributed by atoms with E-state index in [0.717, 1.165) is 13.1 Å². The monoisotopic (exact) mass is 173 g/mol. The quantitative estimate of drug-likeness (QED) is 0.562. The zero-order chi connectivity index (χ0) is 8.97. The molecule has 0 bridgehead atoms. The van der Waals surface area contributed by atoms with Gasteiger partial charge in [-0.15, -0.1) is 0 Å². The van der Waals surface area contributed by atoms with Crippen LogP contribution in [0.1, 0.15) is 0 Å². The molecule has 1 fully saturated rings. The van der Waals surface area contributed by atoms with Gasteiger partial charge in [0.15, 0.2) is 0 Å². The van der Waals surface area contributed by atoms with Gasteiger partial charge >= 0.3 is 6.03 Å². The average molecular weight is 173 g/mol. The van der Waals surface area contributed by atoms with Gasteiger partial charge in [-0.05, 0) is 0 Å². The molecule has 2 amide bonds. The highest BCUT2D eigenvalue weighted by molar-refractivity contribution is 5.71. The highest BCUT2D eigenvalue weighted by Crippen LogP contribution is 1.97. The number of hydrogen-bond acceptors (Lipinski definition) is 3. The van der Waals surface area contributed by atoms with Crippen LogP contribution >= 0.6 is 0 Å². The maximum Gasteiger partial charge on any atom is 0.314 e. The van der Waals surface area contributed by atoms with Crippen LogP contribution in [0.15, 0.2) is 0 Å². The lowest BCUT2D eigenvalue weighted by molar-refractivity contribution is 0.0161. The summed E-state index contributed by atoms with van der Waals surface area (Å²) in [7, 11) is 1.67. The van der Waals surface area contributed by atoms with Gasteiger partial charge in [0.25, 0.3) is 0 Å². The van der Waals surface area contributed by atoms with Gasteiger partial charge in [0, 0.05) is 26.7 Å². The van der Waals surface area contributed by atoms with Crippen LogP contribution < -0.4 is 11.1 Å². The van der Waals surface area contributed by atoms with Crippen LogP contribution in [0.25, 0.3) is 0 Å². The molecule has 0 aromatic carbocycles. The van der Waals surface area contributed by atoms with Crippen molar-refractivity contribution in [2.75, 3.05) is 33.3 Å². The molecule has 0 aromatic rings. The summed E-state index contributed by atoms with van der Waals surface area (Å²) in [5.74, 6) is 0. The van der Waals surface area contributed by atoms with Gasteiger partial charge in [0.2, 0.25) is 0 Å². The van der Waals surface area contributed by atoms with Gasteiger partial charge in [0.05, 0.1) is 12.7 Å². The van der Waals surface area contributed by atoms with Crippen molar-refractivity contribution in [3.8, 4) is 0 Å². The van der Waals surface area contributed by atoms with Crippen LogP contribution in [0.2, 0.25) is 0 Å². The lowest BCUT2D eigenvalue weighted by Crippen LogP contribution is -2.46. The van der Waals surface area contributed by atoms with Gasteiger partial charge in [-0.25, -0.2) is 4.79 Å². The van der Waals surface area contributed by atoms with Crippen molar-refractivity contribution >= 4 is 6.03 Å². The molecule has 0 radical (unpaired) electrons. The smallest absolute Gasteiger partial charge is 0.314 e. The molecule has 5 nitrogen and oxygen atoms in total. The first-order valence-electron chi connectivity index (χ1n) is 4.03. The minimum absolute atomic E-state index is 0.0799. The maximum atomic E-state index is 10.6. The summed E-state index contributed by atoms with van der Waals surface area (Å²) in [5.41, 5.74) is 5.06. The molecule has 0 saturated carbocycles. The molecule has 1 rings (SSSR count). The highest BCUT2D eigenvalue weighted by atomic mass is 16.5. The molecule has 1 saturated heterocycles. The summed E-state index contributed by atoms with van der Waals surface area (Å²) in [6, 6.07) is -0.413. The molecule has 1 aliphatic heterocycles. The summed E-state index contributed by atoms with van der Waals surface area (Å²) in [4.78, 5) is 12.1. The van der Waals surface area contributed by atoms with Crippen LogP contribution in [-0.4, -0.2) is 50.3 Å². The molecule has 5 heteroatoms. The summed E-state index contributed by atoms with van der Waals surface area (Å²) < 4.78 is 5.39. The van der Waals surface area contributed by atoms with E-state index in [1.165, 1.54) is 4.90 Å². The Labute approximate surface area is 71.8 Å². The fraction of sp³-hybridized carbons (Fsp3) is 0.857. The zero-order valence-electron chi connectivity index (χ0n) is 7.25. The predicted octanol–water partition coefficient (Wildman–Crippen LogP) is -1.01. The van der Waals surface area contributed by atoms with E-state index in [-0.39, 0.29) is 6.10 Å². The molecule has 0 aromatic heterocycles. The number of hydrogen-bond donors (Lipinski definition) is 2. The minimum Gasteiger partial charge on any atom is -0.374 e. The minimum atomic E-state index is -0.413.